The number of rotatable bonds is 9. The van der Waals surface area contributed by atoms with Crippen molar-refractivity contribution in [3.05, 3.63) is 42.5 Å². The van der Waals surface area contributed by atoms with Gasteiger partial charge in [0.05, 0.1) is 26.5 Å². The Balaban J connectivity index is 1.30. The van der Waals surface area contributed by atoms with E-state index in [2.05, 4.69) is 44.5 Å². The van der Waals surface area contributed by atoms with Crippen molar-refractivity contribution in [1.82, 2.24) is 20.0 Å². The summed E-state index contributed by atoms with van der Waals surface area (Å²) in [7, 11) is 5.54. The topological polar surface area (TPSA) is 77.8 Å². The maximum atomic E-state index is 6.16. The van der Waals surface area contributed by atoms with Crippen LogP contribution in [-0.2, 0) is 0 Å². The number of benzene rings is 2. The predicted octanol–water partition coefficient (Wildman–Crippen LogP) is 4.38. The number of likely N-dealkylation sites (N-methyl/N-ethyl adjacent to an activating group) is 1. The molecule has 0 bridgehead atoms. The van der Waals surface area contributed by atoms with Gasteiger partial charge in [-0.05, 0) is 49.2 Å². The van der Waals surface area contributed by atoms with Crippen LogP contribution < -0.4 is 19.5 Å². The number of H-pyrrole nitrogens is 2. The highest BCUT2D eigenvalue weighted by molar-refractivity contribution is 6.05. The van der Waals surface area contributed by atoms with E-state index in [1.807, 2.05) is 30.3 Å². The minimum atomic E-state index is 0.670. The average Bonchev–Trinajstić information content (AvgIpc) is 3.41. The van der Waals surface area contributed by atoms with Gasteiger partial charge in [-0.3, -0.25) is 10.2 Å². The quantitative estimate of drug-likeness (QED) is 0.320. The molecule has 0 atom stereocenters. The van der Waals surface area contributed by atoms with Crippen LogP contribution in [0, 0.1) is 0 Å². The minimum Gasteiger partial charge on any atom is -0.497 e. The smallest absolute Gasteiger partial charge is 0.161 e. The molecular formula is C26H33N5O3. The van der Waals surface area contributed by atoms with Gasteiger partial charge in [0.15, 0.2) is 11.5 Å². The summed E-state index contributed by atoms with van der Waals surface area (Å²) in [6, 6.07) is 14.2. The molecule has 2 heterocycles. The number of hydrogen-bond donors (Lipinski definition) is 3. The van der Waals surface area contributed by atoms with Crippen LogP contribution in [-0.4, -0.2) is 80.6 Å². The molecule has 34 heavy (non-hydrogen) atoms. The molecule has 8 heteroatoms. The molecule has 0 aromatic heterocycles. The fourth-order valence-electron chi connectivity index (χ4n) is 4.57. The van der Waals surface area contributed by atoms with E-state index in [0.717, 1.165) is 89.9 Å². The number of fused-ring (bicyclic) bond motifs is 3. The summed E-state index contributed by atoms with van der Waals surface area (Å²) < 4.78 is 17.2. The molecule has 2 aromatic rings. The monoisotopic (exact) mass is 463 g/mol. The lowest BCUT2D eigenvalue weighted by atomic mass is 10.2. The standard InChI is InChI=1S/C26H33N5O3/c1-30-9-11-31(12-10-30)8-5-13-34-24-15-18-14-22-25(21(18)17-23(24)33-3)28-29-26(22)27-19-6-4-7-20(16-19)32-2/h4,6-7,14-17,27-29H,5,8-13H2,1-3H3. The van der Waals surface area contributed by atoms with Crippen LogP contribution in [0.5, 0.6) is 17.2 Å². The van der Waals surface area contributed by atoms with Gasteiger partial charge in [0.1, 0.15) is 11.6 Å². The van der Waals surface area contributed by atoms with Gasteiger partial charge >= 0.3 is 0 Å². The van der Waals surface area contributed by atoms with Crippen LogP contribution in [0.15, 0.2) is 42.5 Å². The van der Waals surface area contributed by atoms with Gasteiger partial charge in [0, 0.05) is 55.4 Å². The van der Waals surface area contributed by atoms with E-state index in [0.29, 0.717) is 6.61 Å². The molecule has 0 unspecified atom stereocenters. The van der Waals surface area contributed by atoms with Crippen molar-refractivity contribution < 1.29 is 14.2 Å². The van der Waals surface area contributed by atoms with E-state index in [9.17, 15) is 0 Å². The molecule has 1 aliphatic carbocycles. The number of piperazine rings is 1. The van der Waals surface area contributed by atoms with Crippen molar-refractivity contribution in [2.24, 2.45) is 0 Å². The molecule has 0 saturated carbocycles. The number of anilines is 2. The van der Waals surface area contributed by atoms with E-state index in [4.69, 9.17) is 14.2 Å². The highest BCUT2D eigenvalue weighted by atomic mass is 16.5. The van der Waals surface area contributed by atoms with Gasteiger partial charge in [-0.15, -0.1) is 0 Å². The van der Waals surface area contributed by atoms with Crippen molar-refractivity contribution >= 4 is 22.3 Å². The second-order valence-electron chi connectivity index (χ2n) is 8.85. The number of methoxy groups -OCH3 is 2. The normalized spacial score (nSPS) is 15.1. The fourth-order valence-corrected chi connectivity index (χ4v) is 4.57. The highest BCUT2D eigenvalue weighted by Gasteiger charge is 2.20. The van der Waals surface area contributed by atoms with Gasteiger partial charge in [-0.25, -0.2) is 0 Å². The summed E-state index contributed by atoms with van der Waals surface area (Å²) in [5.74, 6) is 3.24. The third-order valence-corrected chi connectivity index (χ3v) is 6.57. The van der Waals surface area contributed by atoms with Crippen molar-refractivity contribution in [2.75, 3.05) is 65.9 Å². The SMILES string of the molecule is COc1cccc(Nc2[nH][nH]c3c4cc(OC)c(OCCCN5CCN(C)CC5)cc4cc2-3)c1. The van der Waals surface area contributed by atoms with Gasteiger partial charge in [-0.1, -0.05) is 6.07 Å². The second kappa shape index (κ2) is 9.87. The first-order chi connectivity index (χ1) is 16.6. The fraction of sp³-hybridized carbons (Fsp3) is 0.385. The molecule has 2 aliphatic heterocycles. The molecule has 0 radical (unpaired) electrons. The highest BCUT2D eigenvalue weighted by Crippen LogP contribution is 2.43. The zero-order chi connectivity index (χ0) is 23.5. The Hall–Kier alpha value is -3.36. The molecule has 0 spiro atoms. The molecule has 2 aromatic carbocycles. The summed E-state index contributed by atoms with van der Waals surface area (Å²) >= 11 is 0. The molecule has 180 valence electrons. The Labute approximate surface area is 200 Å². The Morgan fingerprint density at radius 1 is 0.941 bits per heavy atom. The molecule has 1 fully saturated rings. The van der Waals surface area contributed by atoms with Crippen molar-refractivity contribution in [1.29, 1.82) is 0 Å². The van der Waals surface area contributed by atoms with E-state index in [1.54, 1.807) is 14.2 Å². The Morgan fingerprint density at radius 3 is 2.59 bits per heavy atom. The van der Waals surface area contributed by atoms with Crippen LogP contribution in [0.25, 0.3) is 22.0 Å². The van der Waals surface area contributed by atoms with Gasteiger partial charge < -0.3 is 29.3 Å². The predicted molar refractivity (Wildman–Crippen MR) is 136 cm³/mol. The summed E-state index contributed by atoms with van der Waals surface area (Å²) in [6.07, 6.45) is 0.996. The van der Waals surface area contributed by atoms with Gasteiger partial charge in [-0.2, -0.15) is 0 Å². The van der Waals surface area contributed by atoms with Crippen molar-refractivity contribution in [2.45, 2.75) is 6.42 Å². The third kappa shape index (κ3) is 4.64. The lowest BCUT2D eigenvalue weighted by Crippen LogP contribution is -2.44. The maximum Gasteiger partial charge on any atom is 0.161 e. The van der Waals surface area contributed by atoms with E-state index in [-0.39, 0.29) is 0 Å². The molecule has 3 aliphatic rings. The van der Waals surface area contributed by atoms with Crippen LogP contribution in [0.2, 0.25) is 0 Å². The first-order valence-corrected chi connectivity index (χ1v) is 11.8. The number of nitrogens with one attached hydrogen (secondary N) is 3. The first-order valence-electron chi connectivity index (χ1n) is 11.8. The van der Waals surface area contributed by atoms with Crippen LogP contribution in [0.4, 0.5) is 11.5 Å². The molecule has 5 rings (SSSR count). The van der Waals surface area contributed by atoms with E-state index in [1.165, 1.54) is 0 Å². The lowest BCUT2D eigenvalue weighted by molar-refractivity contribution is 0.145. The maximum absolute atomic E-state index is 6.16. The van der Waals surface area contributed by atoms with Crippen molar-refractivity contribution in [3.8, 4) is 28.5 Å². The number of aromatic nitrogens is 2. The average molecular weight is 464 g/mol. The molecule has 8 nitrogen and oxygen atoms in total. The number of hydrogen-bond acceptors (Lipinski definition) is 6. The lowest BCUT2D eigenvalue weighted by Gasteiger charge is -2.32. The third-order valence-electron chi connectivity index (χ3n) is 6.57. The number of ether oxygens (including phenoxy) is 3. The van der Waals surface area contributed by atoms with Gasteiger partial charge in [0.2, 0.25) is 0 Å². The number of aromatic amines is 2. The Kier molecular flexibility index (Phi) is 6.51. The summed E-state index contributed by atoms with van der Waals surface area (Å²) in [5.41, 5.74) is 3.05. The van der Waals surface area contributed by atoms with Crippen LogP contribution in [0.1, 0.15) is 6.42 Å². The van der Waals surface area contributed by atoms with E-state index >= 15 is 0 Å². The largest absolute Gasteiger partial charge is 0.497 e. The summed E-state index contributed by atoms with van der Waals surface area (Å²) in [5, 5.41) is 12.2. The second-order valence-corrected chi connectivity index (χ2v) is 8.85. The summed E-state index contributed by atoms with van der Waals surface area (Å²) in [6.45, 7) is 6.28. The minimum absolute atomic E-state index is 0.670. The Morgan fingerprint density at radius 2 is 1.79 bits per heavy atom. The van der Waals surface area contributed by atoms with E-state index < -0.39 is 0 Å². The number of nitrogens with zero attached hydrogens (tertiary/aromatic N) is 2. The van der Waals surface area contributed by atoms with Crippen LogP contribution >= 0.6 is 0 Å². The first kappa shape index (κ1) is 22.4. The zero-order valence-electron chi connectivity index (χ0n) is 20.1. The Bertz CT molecular complexity index is 1210. The zero-order valence-corrected chi connectivity index (χ0v) is 20.1. The molecule has 3 N–H and O–H groups in total. The molecule has 1 saturated heterocycles. The molecule has 0 amide bonds. The molecular weight excluding hydrogens is 430 g/mol. The summed E-state index contributed by atoms with van der Waals surface area (Å²) in [4.78, 5) is 4.89. The van der Waals surface area contributed by atoms with Crippen LogP contribution in [0.3, 0.4) is 0 Å². The van der Waals surface area contributed by atoms with Gasteiger partial charge in [0.25, 0.3) is 0 Å². The van der Waals surface area contributed by atoms with Crippen molar-refractivity contribution in [3.63, 3.8) is 0 Å².